The number of likely N-dealkylation sites (tertiary alicyclic amines) is 1. The fourth-order valence-electron chi connectivity index (χ4n) is 3.07. The molecule has 1 saturated heterocycles. The Bertz CT molecular complexity index is 773. The average molecular weight is 308 g/mol. The summed E-state index contributed by atoms with van der Waals surface area (Å²) < 4.78 is 0. The highest BCUT2D eigenvalue weighted by molar-refractivity contribution is 5.84. The number of imidazole rings is 1. The quantitative estimate of drug-likeness (QED) is 0.775. The van der Waals surface area contributed by atoms with Crippen LogP contribution in [0.2, 0.25) is 0 Å². The first kappa shape index (κ1) is 14.1. The Labute approximate surface area is 135 Å². The number of nitrogens with zero attached hydrogens (tertiary/aromatic N) is 4. The minimum Gasteiger partial charge on any atom is -0.340 e. The third kappa shape index (κ3) is 3.17. The van der Waals surface area contributed by atoms with Crippen molar-refractivity contribution in [3.8, 4) is 0 Å². The molecule has 3 aromatic rings. The van der Waals surface area contributed by atoms with E-state index in [1.807, 2.05) is 0 Å². The van der Waals surface area contributed by atoms with Crippen LogP contribution in [-0.2, 0) is 6.54 Å². The maximum absolute atomic E-state index is 4.29. The summed E-state index contributed by atoms with van der Waals surface area (Å²) in [6, 6.07) is 8.57. The first-order valence-corrected chi connectivity index (χ1v) is 8.11. The lowest BCUT2D eigenvalue weighted by atomic mass is 10.1. The van der Waals surface area contributed by atoms with Gasteiger partial charge in [-0.15, -0.1) is 0 Å². The fraction of sp³-hybridized carbons (Fsp3) is 0.353. The minimum absolute atomic E-state index is 0.671. The molecule has 0 saturated carbocycles. The lowest BCUT2D eigenvalue weighted by Crippen LogP contribution is -2.29. The Morgan fingerprint density at radius 2 is 1.83 bits per heavy atom. The molecule has 0 radical (unpaired) electrons. The molecule has 1 fully saturated rings. The van der Waals surface area contributed by atoms with Crippen molar-refractivity contribution in [3.05, 3.63) is 42.5 Å². The van der Waals surface area contributed by atoms with Crippen LogP contribution in [0.25, 0.3) is 11.2 Å². The number of aromatic amines is 1. The summed E-state index contributed by atoms with van der Waals surface area (Å²) in [4.78, 5) is 18.2. The molecule has 118 valence electrons. The van der Waals surface area contributed by atoms with Gasteiger partial charge in [-0.25, -0.2) is 15.0 Å². The summed E-state index contributed by atoms with van der Waals surface area (Å²) in [7, 11) is 0. The summed E-state index contributed by atoms with van der Waals surface area (Å²) in [5.41, 5.74) is 3.86. The maximum Gasteiger partial charge on any atom is 0.182 e. The van der Waals surface area contributed by atoms with E-state index in [1.165, 1.54) is 44.2 Å². The molecule has 23 heavy (non-hydrogen) atoms. The zero-order valence-corrected chi connectivity index (χ0v) is 13.0. The zero-order valence-electron chi connectivity index (χ0n) is 13.0. The number of anilines is 2. The van der Waals surface area contributed by atoms with Crippen molar-refractivity contribution in [2.45, 2.75) is 25.8 Å². The van der Waals surface area contributed by atoms with Gasteiger partial charge in [0, 0.05) is 12.2 Å². The molecule has 2 aromatic heterocycles. The van der Waals surface area contributed by atoms with Gasteiger partial charge in [-0.1, -0.05) is 18.6 Å². The summed E-state index contributed by atoms with van der Waals surface area (Å²) in [6.45, 7) is 3.48. The predicted molar refractivity (Wildman–Crippen MR) is 90.5 cm³/mol. The number of piperidine rings is 1. The molecule has 3 heterocycles. The third-order valence-electron chi connectivity index (χ3n) is 4.29. The molecule has 6 heteroatoms. The topological polar surface area (TPSA) is 69.7 Å². The number of rotatable bonds is 4. The molecule has 0 unspecified atom stereocenters. The Hall–Kier alpha value is -2.47. The van der Waals surface area contributed by atoms with Gasteiger partial charge in [-0.05, 0) is 43.6 Å². The van der Waals surface area contributed by atoms with E-state index in [0.717, 1.165) is 23.6 Å². The molecule has 0 atom stereocenters. The van der Waals surface area contributed by atoms with E-state index in [4.69, 9.17) is 0 Å². The van der Waals surface area contributed by atoms with Crippen molar-refractivity contribution >= 4 is 22.7 Å². The van der Waals surface area contributed by atoms with Crippen LogP contribution >= 0.6 is 0 Å². The second-order valence-corrected chi connectivity index (χ2v) is 5.98. The van der Waals surface area contributed by atoms with Crippen molar-refractivity contribution in [1.29, 1.82) is 0 Å². The van der Waals surface area contributed by atoms with Crippen LogP contribution in [-0.4, -0.2) is 37.9 Å². The summed E-state index contributed by atoms with van der Waals surface area (Å²) in [5, 5.41) is 3.33. The van der Waals surface area contributed by atoms with Crippen molar-refractivity contribution < 1.29 is 0 Å². The third-order valence-corrected chi connectivity index (χ3v) is 4.29. The molecule has 4 rings (SSSR count). The summed E-state index contributed by atoms with van der Waals surface area (Å²) in [5.74, 6) is 0.747. The van der Waals surface area contributed by atoms with Crippen LogP contribution in [0, 0.1) is 0 Å². The molecular weight excluding hydrogens is 288 g/mol. The molecule has 6 nitrogen and oxygen atoms in total. The largest absolute Gasteiger partial charge is 0.340 e. The Kier molecular flexibility index (Phi) is 3.90. The van der Waals surface area contributed by atoms with Crippen LogP contribution in [0.15, 0.2) is 36.9 Å². The predicted octanol–water partition coefficient (Wildman–Crippen LogP) is 3.08. The number of hydrogen-bond acceptors (Lipinski definition) is 5. The van der Waals surface area contributed by atoms with Gasteiger partial charge in [0.15, 0.2) is 11.5 Å². The molecule has 1 aliphatic rings. The highest BCUT2D eigenvalue weighted by Crippen LogP contribution is 2.21. The van der Waals surface area contributed by atoms with Gasteiger partial charge in [0.25, 0.3) is 0 Å². The van der Waals surface area contributed by atoms with Crippen LogP contribution in [0.1, 0.15) is 24.8 Å². The van der Waals surface area contributed by atoms with Gasteiger partial charge in [0.1, 0.15) is 11.8 Å². The van der Waals surface area contributed by atoms with E-state index in [9.17, 15) is 0 Å². The fourth-order valence-corrected chi connectivity index (χ4v) is 3.07. The molecule has 0 aliphatic carbocycles. The highest BCUT2D eigenvalue weighted by atomic mass is 15.1. The van der Waals surface area contributed by atoms with Gasteiger partial charge in [-0.2, -0.15) is 0 Å². The second kappa shape index (κ2) is 6.34. The van der Waals surface area contributed by atoms with E-state index in [1.54, 1.807) is 6.33 Å². The molecule has 2 N–H and O–H groups in total. The van der Waals surface area contributed by atoms with Crippen molar-refractivity contribution in [3.63, 3.8) is 0 Å². The summed E-state index contributed by atoms with van der Waals surface area (Å²) in [6.07, 6.45) is 7.18. The second-order valence-electron chi connectivity index (χ2n) is 5.98. The summed E-state index contributed by atoms with van der Waals surface area (Å²) >= 11 is 0. The maximum atomic E-state index is 4.29. The standard InChI is InChI=1S/C17H20N6/c1-2-8-23(9-3-1)10-13-4-6-14(7-5-13)22-17-15-16(19-11-18-15)20-12-21-17/h4-7,11-12H,1-3,8-10H2,(H2,18,19,20,21,22). The van der Waals surface area contributed by atoms with Gasteiger partial charge >= 0.3 is 0 Å². The Balaban J connectivity index is 1.46. The lowest BCUT2D eigenvalue weighted by molar-refractivity contribution is 0.221. The lowest BCUT2D eigenvalue weighted by Gasteiger charge is -2.26. The molecule has 1 aliphatic heterocycles. The van der Waals surface area contributed by atoms with Crippen LogP contribution < -0.4 is 5.32 Å². The van der Waals surface area contributed by atoms with Gasteiger partial charge in [-0.3, -0.25) is 4.90 Å². The number of fused-ring (bicyclic) bond motifs is 1. The SMILES string of the molecule is c1nc(Nc2ccc(CN3CCCCC3)cc2)c2[nH]cnc2n1. The van der Waals surface area contributed by atoms with E-state index in [2.05, 4.69) is 54.4 Å². The minimum atomic E-state index is 0.671. The molecular formula is C17H20N6. The average Bonchev–Trinajstić information content (AvgIpc) is 3.07. The zero-order chi connectivity index (χ0) is 15.5. The van der Waals surface area contributed by atoms with Crippen LogP contribution in [0.4, 0.5) is 11.5 Å². The number of aromatic nitrogens is 4. The van der Waals surface area contributed by atoms with E-state index >= 15 is 0 Å². The van der Waals surface area contributed by atoms with Crippen molar-refractivity contribution in [2.75, 3.05) is 18.4 Å². The first-order chi connectivity index (χ1) is 11.4. The number of benzene rings is 1. The Morgan fingerprint density at radius 3 is 2.65 bits per heavy atom. The Morgan fingerprint density at radius 1 is 1.00 bits per heavy atom. The number of nitrogens with one attached hydrogen (secondary N) is 2. The van der Waals surface area contributed by atoms with E-state index in [0.29, 0.717) is 5.65 Å². The van der Waals surface area contributed by atoms with E-state index in [-0.39, 0.29) is 0 Å². The first-order valence-electron chi connectivity index (χ1n) is 8.11. The van der Waals surface area contributed by atoms with Gasteiger partial charge in [0.2, 0.25) is 0 Å². The van der Waals surface area contributed by atoms with Crippen LogP contribution in [0.5, 0.6) is 0 Å². The number of H-pyrrole nitrogens is 1. The van der Waals surface area contributed by atoms with Gasteiger partial charge in [0.05, 0.1) is 6.33 Å². The van der Waals surface area contributed by atoms with Crippen molar-refractivity contribution in [1.82, 2.24) is 24.8 Å². The normalized spacial score (nSPS) is 15.8. The highest BCUT2D eigenvalue weighted by Gasteiger charge is 2.10. The van der Waals surface area contributed by atoms with Crippen LogP contribution in [0.3, 0.4) is 0 Å². The molecule has 1 aromatic carbocycles. The van der Waals surface area contributed by atoms with Gasteiger partial charge < -0.3 is 10.3 Å². The molecule has 0 bridgehead atoms. The smallest absolute Gasteiger partial charge is 0.182 e. The number of hydrogen-bond donors (Lipinski definition) is 2. The molecule has 0 spiro atoms. The monoisotopic (exact) mass is 308 g/mol. The molecule has 0 amide bonds. The van der Waals surface area contributed by atoms with Crippen molar-refractivity contribution in [2.24, 2.45) is 0 Å². The van der Waals surface area contributed by atoms with E-state index < -0.39 is 0 Å².